The Bertz CT molecular complexity index is 176. The van der Waals surface area contributed by atoms with Crippen LogP contribution in [0.5, 0.6) is 0 Å². The number of rotatable bonds is 7. The summed E-state index contributed by atoms with van der Waals surface area (Å²) in [6.07, 6.45) is 1.17. The van der Waals surface area contributed by atoms with E-state index in [4.69, 9.17) is 8.54 Å². The van der Waals surface area contributed by atoms with E-state index in [1.165, 1.54) is 12.5 Å². The maximum absolute atomic E-state index is 6.10. The number of hydrogen-bond donors (Lipinski definition) is 0. The Labute approximate surface area is 99.4 Å². The summed E-state index contributed by atoms with van der Waals surface area (Å²) in [6.45, 7) is 16.8. The number of hydrogen-bond acceptors (Lipinski definition) is 2. The molecule has 0 saturated carbocycles. The Morgan fingerprint density at radius 1 is 1.00 bits per heavy atom. The van der Waals surface area contributed by atoms with Crippen LogP contribution < -0.4 is 0 Å². The van der Waals surface area contributed by atoms with E-state index in [9.17, 15) is 0 Å². The van der Waals surface area contributed by atoms with Gasteiger partial charge in [-0.05, 0) is 58.3 Å². The first-order valence-electron chi connectivity index (χ1n) is 5.94. The highest BCUT2D eigenvalue weighted by molar-refractivity contribution is 6.77. The van der Waals surface area contributed by atoms with Crippen molar-refractivity contribution in [3.05, 3.63) is 0 Å². The monoisotopic (exact) mass is 264 g/mol. The Hall–Kier alpha value is 0.571. The third kappa shape index (κ3) is 10.8. The minimum absolute atomic E-state index is 0.851. The molecule has 0 aromatic rings. The molecule has 0 aliphatic rings. The van der Waals surface area contributed by atoms with Crippen LogP contribution in [0.25, 0.3) is 0 Å². The highest BCUT2D eigenvalue weighted by atomic mass is 28.4. The van der Waals surface area contributed by atoms with Crippen LogP contribution in [0.15, 0.2) is 0 Å². The van der Waals surface area contributed by atoms with E-state index in [-0.39, 0.29) is 0 Å². The van der Waals surface area contributed by atoms with Gasteiger partial charge in [0, 0.05) is 6.61 Å². The van der Waals surface area contributed by atoms with Crippen molar-refractivity contribution in [1.29, 1.82) is 0 Å². The normalized spacial score (nSPS) is 13.6. The van der Waals surface area contributed by atoms with Crippen LogP contribution >= 0.6 is 0 Å². The molecule has 0 aliphatic carbocycles. The summed E-state index contributed by atoms with van der Waals surface area (Å²) >= 11 is 0. The van der Waals surface area contributed by atoms with Crippen LogP contribution in [0, 0.1) is 0 Å². The fourth-order valence-corrected chi connectivity index (χ4v) is 8.90. The second-order valence-corrected chi connectivity index (χ2v) is 17.6. The zero-order valence-corrected chi connectivity index (χ0v) is 14.7. The first-order chi connectivity index (χ1) is 6.62. The van der Waals surface area contributed by atoms with Crippen molar-refractivity contribution >= 4 is 25.7 Å². The van der Waals surface area contributed by atoms with Gasteiger partial charge in [-0.3, -0.25) is 0 Å². The van der Waals surface area contributed by atoms with E-state index in [0.29, 0.717) is 0 Å². The Morgan fingerprint density at radius 3 is 1.93 bits per heavy atom. The molecule has 0 aromatic carbocycles. The maximum atomic E-state index is 6.10. The average molecular weight is 265 g/mol. The van der Waals surface area contributed by atoms with Crippen molar-refractivity contribution in [3.63, 3.8) is 0 Å². The fourth-order valence-electron chi connectivity index (χ4n) is 1.57. The maximum Gasteiger partial charge on any atom is 0.183 e. The fraction of sp³-hybridized carbons (Fsp3) is 1.00. The van der Waals surface area contributed by atoms with Crippen molar-refractivity contribution in [3.8, 4) is 0 Å². The molecule has 15 heavy (non-hydrogen) atoms. The highest BCUT2D eigenvalue weighted by Gasteiger charge is 2.23. The lowest BCUT2D eigenvalue weighted by Crippen LogP contribution is -2.35. The van der Waals surface area contributed by atoms with Gasteiger partial charge in [-0.25, -0.2) is 0 Å². The summed E-state index contributed by atoms with van der Waals surface area (Å²) in [5.41, 5.74) is 0. The zero-order valence-electron chi connectivity index (χ0n) is 11.5. The lowest BCUT2D eigenvalue weighted by atomic mass is 10.5. The predicted molar refractivity (Wildman–Crippen MR) is 76.2 cm³/mol. The second kappa shape index (κ2) is 6.34. The van der Waals surface area contributed by atoms with Crippen LogP contribution in [0.4, 0.5) is 0 Å². The van der Waals surface area contributed by atoms with Crippen LogP contribution in [-0.4, -0.2) is 32.3 Å². The van der Waals surface area contributed by atoms with Gasteiger partial charge >= 0.3 is 0 Å². The van der Waals surface area contributed by atoms with Gasteiger partial charge in [0.15, 0.2) is 25.7 Å². The van der Waals surface area contributed by atoms with Crippen LogP contribution in [-0.2, 0) is 8.54 Å². The lowest BCUT2D eigenvalue weighted by molar-refractivity contribution is 0.309. The predicted octanol–water partition coefficient (Wildman–Crippen LogP) is 3.43. The summed E-state index contributed by atoms with van der Waals surface area (Å²) < 4.78 is 11.9. The average Bonchev–Trinajstić information content (AvgIpc) is 1.93. The van der Waals surface area contributed by atoms with Crippen molar-refractivity contribution < 1.29 is 8.54 Å². The van der Waals surface area contributed by atoms with E-state index in [1.807, 2.05) is 0 Å². The molecule has 0 fully saturated rings. The Kier molecular flexibility index (Phi) is 6.58. The molecular formula is C10H28O2Si3. The quantitative estimate of drug-likeness (QED) is 0.518. The molecule has 0 saturated heterocycles. The lowest BCUT2D eigenvalue weighted by Gasteiger charge is -2.26. The molecule has 0 spiro atoms. The van der Waals surface area contributed by atoms with Crippen LogP contribution in [0.3, 0.4) is 0 Å². The molecule has 0 unspecified atom stereocenters. The van der Waals surface area contributed by atoms with Crippen molar-refractivity contribution in [1.82, 2.24) is 0 Å². The molecule has 0 aromatic heterocycles. The van der Waals surface area contributed by atoms with Gasteiger partial charge < -0.3 is 8.54 Å². The third-order valence-corrected chi connectivity index (χ3v) is 9.08. The molecular weight excluding hydrogens is 236 g/mol. The first-order valence-corrected chi connectivity index (χ1v) is 15.2. The van der Waals surface area contributed by atoms with Crippen molar-refractivity contribution in [2.24, 2.45) is 0 Å². The minimum Gasteiger partial charge on any atom is -0.458 e. The SMILES string of the molecule is C[SiH](C)O[Si](C)(C)CCCO[Si](C)(C)C. The summed E-state index contributed by atoms with van der Waals surface area (Å²) in [4.78, 5) is 0. The topological polar surface area (TPSA) is 18.5 Å². The Morgan fingerprint density at radius 2 is 1.53 bits per heavy atom. The van der Waals surface area contributed by atoms with E-state index in [2.05, 4.69) is 45.8 Å². The molecule has 0 rings (SSSR count). The summed E-state index contributed by atoms with van der Waals surface area (Å²) in [7, 11) is -3.52. The smallest absolute Gasteiger partial charge is 0.183 e. The molecule has 0 radical (unpaired) electrons. The van der Waals surface area contributed by atoms with Gasteiger partial charge in [0.1, 0.15) is 0 Å². The molecule has 0 amide bonds. The summed E-state index contributed by atoms with van der Waals surface area (Å²) in [6, 6.07) is 1.24. The van der Waals surface area contributed by atoms with Gasteiger partial charge in [-0.2, -0.15) is 0 Å². The van der Waals surface area contributed by atoms with Gasteiger partial charge in [0.2, 0.25) is 0 Å². The van der Waals surface area contributed by atoms with Gasteiger partial charge in [0.05, 0.1) is 0 Å². The highest BCUT2D eigenvalue weighted by Crippen LogP contribution is 2.15. The first kappa shape index (κ1) is 15.6. The van der Waals surface area contributed by atoms with E-state index in [1.54, 1.807) is 0 Å². The second-order valence-electron chi connectivity index (χ2n) is 5.99. The molecule has 5 heteroatoms. The van der Waals surface area contributed by atoms with Crippen LogP contribution in [0.2, 0.25) is 51.9 Å². The molecule has 92 valence electrons. The van der Waals surface area contributed by atoms with Crippen LogP contribution in [0.1, 0.15) is 6.42 Å². The minimum atomic E-state index is -1.37. The zero-order chi connectivity index (χ0) is 12.1. The summed E-state index contributed by atoms with van der Waals surface area (Å²) in [5, 5.41) is 0. The van der Waals surface area contributed by atoms with Gasteiger partial charge in [-0.15, -0.1) is 0 Å². The van der Waals surface area contributed by atoms with Gasteiger partial charge in [0.25, 0.3) is 0 Å². The summed E-state index contributed by atoms with van der Waals surface area (Å²) in [5.74, 6) is 0. The molecule has 0 aliphatic heterocycles. The molecule has 0 atom stereocenters. The standard InChI is InChI=1S/C10H28O2Si3/c1-13(2)12-15(6,7)10-8-9-11-14(3,4)5/h13H,8-10H2,1-7H3. The van der Waals surface area contributed by atoms with Crippen molar-refractivity contribution in [2.45, 2.75) is 58.3 Å². The molecule has 0 bridgehead atoms. The molecule has 0 heterocycles. The third-order valence-electron chi connectivity index (χ3n) is 2.01. The van der Waals surface area contributed by atoms with E-state index < -0.39 is 25.7 Å². The molecule has 0 N–H and O–H groups in total. The van der Waals surface area contributed by atoms with Crippen molar-refractivity contribution in [2.75, 3.05) is 6.61 Å². The van der Waals surface area contributed by atoms with E-state index in [0.717, 1.165) is 6.61 Å². The van der Waals surface area contributed by atoms with E-state index >= 15 is 0 Å². The Balaban J connectivity index is 3.66. The van der Waals surface area contributed by atoms with Gasteiger partial charge in [-0.1, -0.05) is 0 Å². The molecule has 2 nitrogen and oxygen atoms in total. The largest absolute Gasteiger partial charge is 0.458 e.